The molecule has 2 aromatic rings. The van der Waals surface area contributed by atoms with Crippen molar-refractivity contribution in [2.75, 3.05) is 24.8 Å². The Hall–Kier alpha value is -1.04. The summed E-state index contributed by atoms with van der Waals surface area (Å²) < 4.78 is 3.08. The summed E-state index contributed by atoms with van der Waals surface area (Å²) in [5.41, 5.74) is 10.5. The zero-order valence-corrected chi connectivity index (χ0v) is 17.9. The summed E-state index contributed by atoms with van der Waals surface area (Å²) in [5.74, 6) is 0.675. The summed E-state index contributed by atoms with van der Waals surface area (Å²) in [7, 11) is 0. The maximum absolute atomic E-state index is 5.48. The normalized spacial score (nSPS) is 22.5. The van der Waals surface area contributed by atoms with Crippen LogP contribution in [0.15, 0.2) is 12.1 Å². The Morgan fingerprint density at radius 3 is 2.88 bits per heavy atom. The Morgan fingerprint density at radius 2 is 2.15 bits per heavy atom. The number of thioether (sulfide) groups is 1. The zero-order valence-electron chi connectivity index (χ0n) is 16.3. The third kappa shape index (κ3) is 2.79. The Labute approximate surface area is 166 Å². The number of aromatic nitrogens is 1. The van der Waals surface area contributed by atoms with Crippen LogP contribution in [-0.2, 0) is 6.42 Å². The summed E-state index contributed by atoms with van der Waals surface area (Å²) in [6.07, 6.45) is 7.08. The average Bonchev–Trinajstić information content (AvgIpc) is 2.92. The van der Waals surface area contributed by atoms with Gasteiger partial charge in [-0.2, -0.15) is 0 Å². The van der Waals surface area contributed by atoms with E-state index in [-0.39, 0.29) is 0 Å². The molecule has 26 heavy (non-hydrogen) atoms. The van der Waals surface area contributed by atoms with E-state index < -0.39 is 0 Å². The van der Waals surface area contributed by atoms with Crippen molar-refractivity contribution in [2.45, 2.75) is 58.4 Å². The summed E-state index contributed by atoms with van der Waals surface area (Å²) in [6, 6.07) is 5.37. The summed E-state index contributed by atoms with van der Waals surface area (Å²) in [4.78, 5) is 2.75. The first-order valence-electron chi connectivity index (χ1n) is 9.79. The molecular weight excluding hydrogens is 358 g/mol. The maximum Gasteiger partial charge on any atom is 0.152 e. The van der Waals surface area contributed by atoms with Gasteiger partial charge in [0, 0.05) is 23.0 Å². The van der Waals surface area contributed by atoms with Gasteiger partial charge in [-0.15, -0.1) is 0 Å². The van der Waals surface area contributed by atoms with Gasteiger partial charge in [-0.25, -0.2) is 0 Å². The number of hydrogen-bond donors (Lipinski definition) is 1. The van der Waals surface area contributed by atoms with E-state index in [0.717, 1.165) is 4.32 Å². The van der Waals surface area contributed by atoms with Gasteiger partial charge >= 0.3 is 0 Å². The van der Waals surface area contributed by atoms with E-state index in [9.17, 15) is 0 Å². The molecule has 2 aliphatic rings. The number of hydrogen-bond acceptors (Lipinski definition) is 3. The molecule has 1 aliphatic carbocycles. The van der Waals surface area contributed by atoms with Crippen molar-refractivity contribution in [3.05, 3.63) is 34.5 Å². The van der Waals surface area contributed by atoms with Crippen LogP contribution in [0.5, 0.6) is 0 Å². The van der Waals surface area contributed by atoms with E-state index in [2.05, 4.69) is 47.9 Å². The van der Waals surface area contributed by atoms with Gasteiger partial charge in [-0.05, 0) is 75.6 Å². The summed E-state index contributed by atoms with van der Waals surface area (Å²) >= 11 is 7.07. The Morgan fingerprint density at radius 1 is 1.35 bits per heavy atom. The number of nitrogens with zero attached hydrogens (tertiary/aromatic N) is 2. The molecule has 1 N–H and O–H groups in total. The van der Waals surface area contributed by atoms with Crippen molar-refractivity contribution in [2.24, 2.45) is 0 Å². The van der Waals surface area contributed by atoms with Crippen LogP contribution in [0.2, 0.25) is 0 Å². The Kier molecular flexibility index (Phi) is 5.06. The predicted molar refractivity (Wildman–Crippen MR) is 118 cm³/mol. The zero-order chi connectivity index (χ0) is 18.4. The summed E-state index contributed by atoms with van der Waals surface area (Å²) in [6.45, 7) is 9.26. The fourth-order valence-corrected chi connectivity index (χ4v) is 5.44. The van der Waals surface area contributed by atoms with Crippen LogP contribution in [-0.4, -0.2) is 39.3 Å². The van der Waals surface area contributed by atoms with Crippen LogP contribution in [0.1, 0.15) is 54.5 Å². The van der Waals surface area contributed by atoms with E-state index in [1.165, 1.54) is 66.5 Å². The van der Waals surface area contributed by atoms with E-state index in [4.69, 9.17) is 12.2 Å². The topological polar surface area (TPSA) is 20.2 Å². The highest BCUT2D eigenvalue weighted by Crippen LogP contribution is 2.45. The fraction of sp³-hybridized carbons (Fsp3) is 0.571. The number of nitrogens with one attached hydrogen (secondary N) is 1. The molecule has 0 spiro atoms. The monoisotopic (exact) mass is 387 g/mol. The Bertz CT molecular complexity index is 853. The highest BCUT2D eigenvalue weighted by molar-refractivity contribution is 8.22. The van der Waals surface area contributed by atoms with Crippen LogP contribution < -0.4 is 5.43 Å². The molecule has 1 fully saturated rings. The van der Waals surface area contributed by atoms with Crippen LogP contribution in [0.25, 0.3) is 10.9 Å². The first-order chi connectivity index (χ1) is 12.6. The van der Waals surface area contributed by atoms with Crippen molar-refractivity contribution in [3.8, 4) is 0 Å². The van der Waals surface area contributed by atoms with Crippen molar-refractivity contribution in [1.82, 2.24) is 9.58 Å². The third-order valence-electron chi connectivity index (χ3n) is 6.32. The molecule has 2 atom stereocenters. The van der Waals surface area contributed by atoms with E-state index in [1.54, 1.807) is 17.3 Å². The number of thiocarbonyl (C=S) groups is 1. The molecule has 2 heterocycles. The largest absolute Gasteiger partial charge is 0.299 e. The van der Waals surface area contributed by atoms with Gasteiger partial charge in [-0.1, -0.05) is 43.0 Å². The van der Waals surface area contributed by atoms with Crippen molar-refractivity contribution < 1.29 is 0 Å². The standard InChI is InChI=1S/C21H29N3S2/c1-5-10-23-11-6-7-15-16-9-8-13(2)20-19(16)17(12-18(15)23)14(3)24(20)22-21(25)26-4/h8-9,15,18H,5-7,10-12H2,1-4H3,(H,22,25)/t15-,18-/m1/s1. The first-order valence-corrected chi connectivity index (χ1v) is 11.4. The van der Waals surface area contributed by atoms with Gasteiger partial charge in [0.15, 0.2) is 4.32 Å². The first kappa shape index (κ1) is 18.3. The molecule has 0 radical (unpaired) electrons. The number of piperidine rings is 1. The lowest BCUT2D eigenvalue weighted by Gasteiger charge is -2.44. The molecule has 140 valence electrons. The number of rotatable bonds is 3. The van der Waals surface area contributed by atoms with Gasteiger partial charge in [0.2, 0.25) is 0 Å². The number of likely N-dealkylation sites (tertiary alicyclic amines) is 1. The van der Waals surface area contributed by atoms with Crippen LogP contribution in [0, 0.1) is 13.8 Å². The van der Waals surface area contributed by atoms with E-state index >= 15 is 0 Å². The number of aryl methyl sites for hydroxylation is 1. The third-order valence-corrected chi connectivity index (χ3v) is 7.37. The minimum atomic E-state index is 0.657. The SMILES string of the molecule is CCCN1CCC[C@@H]2c3ccc(C)c4c3c(c(C)n4NC(=S)SC)C[C@H]21. The van der Waals surface area contributed by atoms with Gasteiger partial charge in [-0.3, -0.25) is 15.0 Å². The molecule has 1 aromatic carbocycles. The second kappa shape index (κ2) is 7.17. The predicted octanol–water partition coefficient (Wildman–Crippen LogP) is 4.96. The molecule has 0 saturated carbocycles. The van der Waals surface area contributed by atoms with Crippen molar-refractivity contribution in [1.29, 1.82) is 0 Å². The van der Waals surface area contributed by atoms with E-state index in [0.29, 0.717) is 12.0 Å². The molecule has 0 bridgehead atoms. The molecular formula is C21H29N3S2. The maximum atomic E-state index is 5.48. The number of fused-ring (bicyclic) bond motifs is 2. The summed E-state index contributed by atoms with van der Waals surface area (Å²) in [5, 5.41) is 1.50. The van der Waals surface area contributed by atoms with Gasteiger partial charge in [0.25, 0.3) is 0 Å². The van der Waals surface area contributed by atoms with Crippen LogP contribution in [0.3, 0.4) is 0 Å². The molecule has 5 heteroatoms. The van der Waals surface area contributed by atoms with E-state index in [1.807, 2.05) is 6.26 Å². The fourth-order valence-electron chi connectivity index (χ4n) is 5.17. The van der Waals surface area contributed by atoms with Gasteiger partial charge in [0.1, 0.15) is 0 Å². The lowest BCUT2D eigenvalue weighted by Crippen LogP contribution is -2.47. The quantitative estimate of drug-likeness (QED) is 0.751. The Balaban J connectivity index is 1.88. The molecule has 1 aromatic heterocycles. The molecule has 3 nitrogen and oxygen atoms in total. The second-order valence-electron chi connectivity index (χ2n) is 7.75. The highest BCUT2D eigenvalue weighted by Gasteiger charge is 2.38. The minimum absolute atomic E-state index is 0.657. The molecule has 0 unspecified atom stereocenters. The molecule has 1 aliphatic heterocycles. The second-order valence-corrected chi connectivity index (χ2v) is 9.24. The van der Waals surface area contributed by atoms with Crippen LogP contribution >= 0.6 is 24.0 Å². The van der Waals surface area contributed by atoms with Crippen LogP contribution in [0.4, 0.5) is 0 Å². The lowest BCUT2D eigenvalue weighted by atomic mass is 9.74. The molecule has 1 saturated heterocycles. The van der Waals surface area contributed by atoms with Gasteiger partial charge in [0.05, 0.1) is 5.52 Å². The minimum Gasteiger partial charge on any atom is -0.299 e. The highest BCUT2D eigenvalue weighted by atomic mass is 32.2. The smallest absolute Gasteiger partial charge is 0.152 e. The lowest BCUT2D eigenvalue weighted by molar-refractivity contribution is 0.124. The van der Waals surface area contributed by atoms with Gasteiger partial charge < -0.3 is 0 Å². The van der Waals surface area contributed by atoms with Crippen molar-refractivity contribution >= 4 is 39.2 Å². The molecule has 4 rings (SSSR count). The number of benzene rings is 1. The molecule has 0 amide bonds. The van der Waals surface area contributed by atoms with Crippen molar-refractivity contribution in [3.63, 3.8) is 0 Å². The average molecular weight is 388 g/mol.